The Kier molecular flexibility index (Phi) is 2.16. The molecule has 0 aromatic carbocycles. The molecule has 5 heteroatoms. The Morgan fingerprint density at radius 2 is 2.33 bits per heavy atom. The molecule has 0 unspecified atom stereocenters. The normalized spacial score (nSPS) is 21.6. The van der Waals surface area contributed by atoms with Gasteiger partial charge in [-0.15, -0.1) is 0 Å². The predicted octanol–water partition coefficient (Wildman–Crippen LogP) is -1.36. The molecule has 3 N–H and O–H groups in total. The van der Waals surface area contributed by atoms with E-state index in [9.17, 15) is 9.59 Å². The van der Waals surface area contributed by atoms with Gasteiger partial charge >= 0.3 is 0 Å². The van der Waals surface area contributed by atoms with Crippen LogP contribution in [0, 0.1) is 0 Å². The van der Waals surface area contributed by atoms with Crippen LogP contribution in [0.1, 0.15) is 13.8 Å². The van der Waals surface area contributed by atoms with E-state index in [-0.39, 0.29) is 24.9 Å². The molecule has 1 rings (SSSR count). The number of amides is 2. The highest BCUT2D eigenvalue weighted by atomic mass is 16.2. The van der Waals surface area contributed by atoms with Crippen molar-refractivity contribution in [3.05, 3.63) is 0 Å². The van der Waals surface area contributed by atoms with Crippen LogP contribution in [0.15, 0.2) is 0 Å². The van der Waals surface area contributed by atoms with Gasteiger partial charge in [0.2, 0.25) is 11.8 Å². The van der Waals surface area contributed by atoms with E-state index in [4.69, 9.17) is 5.73 Å². The first-order chi connectivity index (χ1) is 5.49. The molecule has 1 aliphatic heterocycles. The number of imide groups is 1. The van der Waals surface area contributed by atoms with Gasteiger partial charge in [0.25, 0.3) is 0 Å². The molecular formula is C7H13N3O2. The summed E-state index contributed by atoms with van der Waals surface area (Å²) in [6.07, 6.45) is 0. The molecular weight excluding hydrogens is 158 g/mol. The molecule has 0 radical (unpaired) electrons. The predicted molar refractivity (Wildman–Crippen MR) is 43.0 cm³/mol. The first-order valence-electron chi connectivity index (χ1n) is 3.80. The number of carbonyl (C=O) groups is 2. The van der Waals surface area contributed by atoms with Crippen molar-refractivity contribution in [3.8, 4) is 0 Å². The Morgan fingerprint density at radius 1 is 1.75 bits per heavy atom. The average Bonchev–Trinajstić information content (AvgIpc) is 2.25. The molecule has 1 fully saturated rings. The third kappa shape index (κ3) is 1.33. The molecule has 1 saturated heterocycles. The van der Waals surface area contributed by atoms with E-state index in [1.165, 1.54) is 4.90 Å². The van der Waals surface area contributed by atoms with E-state index in [0.29, 0.717) is 0 Å². The molecule has 5 nitrogen and oxygen atoms in total. The van der Waals surface area contributed by atoms with E-state index >= 15 is 0 Å². The second kappa shape index (κ2) is 2.84. The van der Waals surface area contributed by atoms with Crippen molar-refractivity contribution in [1.29, 1.82) is 0 Å². The quantitative estimate of drug-likeness (QED) is 0.511. The third-order valence-electron chi connectivity index (χ3n) is 1.90. The molecule has 2 amide bonds. The highest BCUT2D eigenvalue weighted by molar-refractivity contribution is 5.99. The van der Waals surface area contributed by atoms with Crippen molar-refractivity contribution in [2.45, 2.75) is 19.5 Å². The van der Waals surface area contributed by atoms with Gasteiger partial charge in [0.15, 0.2) is 0 Å². The topological polar surface area (TPSA) is 75.4 Å². The largest absolute Gasteiger partial charge is 0.322 e. The Bertz CT molecular complexity index is 225. The molecule has 0 atom stereocenters. The second-order valence-corrected chi connectivity index (χ2v) is 3.24. The molecule has 12 heavy (non-hydrogen) atoms. The van der Waals surface area contributed by atoms with Crippen LogP contribution in [0.25, 0.3) is 0 Å². The first-order valence-corrected chi connectivity index (χ1v) is 3.80. The molecule has 68 valence electrons. The maximum Gasteiger partial charge on any atom is 0.244 e. The summed E-state index contributed by atoms with van der Waals surface area (Å²) in [5.41, 5.74) is 4.57. The molecule has 0 aliphatic carbocycles. The van der Waals surface area contributed by atoms with Crippen LogP contribution in [0.3, 0.4) is 0 Å². The van der Waals surface area contributed by atoms with E-state index in [1.807, 2.05) is 0 Å². The first kappa shape index (κ1) is 9.15. The van der Waals surface area contributed by atoms with Gasteiger partial charge in [0.1, 0.15) is 0 Å². The average molecular weight is 171 g/mol. The van der Waals surface area contributed by atoms with Crippen LogP contribution < -0.4 is 11.1 Å². The van der Waals surface area contributed by atoms with Crippen molar-refractivity contribution >= 4 is 11.8 Å². The maximum absolute atomic E-state index is 11.2. The van der Waals surface area contributed by atoms with Gasteiger partial charge in [0.05, 0.1) is 18.8 Å². The van der Waals surface area contributed by atoms with E-state index in [1.54, 1.807) is 13.8 Å². The van der Waals surface area contributed by atoms with Crippen LogP contribution in [0.4, 0.5) is 0 Å². The van der Waals surface area contributed by atoms with Crippen molar-refractivity contribution in [2.75, 3.05) is 13.1 Å². The number of nitrogens with two attached hydrogens (primary N) is 1. The Morgan fingerprint density at radius 3 is 2.67 bits per heavy atom. The lowest BCUT2D eigenvalue weighted by molar-refractivity contribution is -0.145. The number of carbonyl (C=O) groups excluding carboxylic acids is 2. The van der Waals surface area contributed by atoms with Gasteiger partial charge in [-0.25, -0.2) is 0 Å². The molecule has 1 aliphatic rings. The minimum Gasteiger partial charge on any atom is -0.322 e. The Balaban J connectivity index is 2.85. The highest BCUT2D eigenvalue weighted by Crippen LogP contribution is 2.16. The van der Waals surface area contributed by atoms with Gasteiger partial charge in [-0.3, -0.25) is 19.8 Å². The Labute approximate surface area is 70.9 Å². The zero-order chi connectivity index (χ0) is 9.35. The number of nitrogens with one attached hydrogen (secondary N) is 1. The lowest BCUT2D eigenvalue weighted by Crippen LogP contribution is -2.51. The van der Waals surface area contributed by atoms with Gasteiger partial charge in [0, 0.05) is 0 Å². The fourth-order valence-corrected chi connectivity index (χ4v) is 1.30. The number of nitrogens with zero attached hydrogens (tertiary/aromatic N) is 1. The number of rotatable bonds is 1. The zero-order valence-electron chi connectivity index (χ0n) is 7.26. The van der Waals surface area contributed by atoms with Crippen LogP contribution in [-0.2, 0) is 9.59 Å². The molecule has 0 aromatic rings. The van der Waals surface area contributed by atoms with Crippen molar-refractivity contribution < 1.29 is 9.59 Å². The maximum atomic E-state index is 11.2. The fourth-order valence-electron chi connectivity index (χ4n) is 1.30. The number of hydrogen-bond donors (Lipinski definition) is 2. The summed E-state index contributed by atoms with van der Waals surface area (Å²) >= 11 is 0. The summed E-state index contributed by atoms with van der Waals surface area (Å²) in [4.78, 5) is 23.5. The molecule has 0 saturated carbocycles. The molecule has 0 bridgehead atoms. The summed E-state index contributed by atoms with van der Waals surface area (Å²) in [6.45, 7) is 3.62. The van der Waals surface area contributed by atoms with Crippen molar-refractivity contribution in [3.63, 3.8) is 0 Å². The van der Waals surface area contributed by atoms with Gasteiger partial charge in [-0.1, -0.05) is 0 Å². The fraction of sp³-hybridized carbons (Fsp3) is 0.714. The smallest absolute Gasteiger partial charge is 0.244 e. The van der Waals surface area contributed by atoms with Gasteiger partial charge < -0.3 is 5.73 Å². The summed E-state index contributed by atoms with van der Waals surface area (Å²) in [6, 6.07) is 0. The van der Waals surface area contributed by atoms with Crippen molar-refractivity contribution in [2.24, 2.45) is 5.73 Å². The van der Waals surface area contributed by atoms with Crippen LogP contribution in [-0.4, -0.2) is 35.5 Å². The van der Waals surface area contributed by atoms with Crippen molar-refractivity contribution in [1.82, 2.24) is 10.2 Å². The van der Waals surface area contributed by atoms with Crippen LogP contribution in [0.5, 0.6) is 0 Å². The van der Waals surface area contributed by atoms with E-state index in [2.05, 4.69) is 5.32 Å². The standard InChI is InChI=1S/C7H13N3O2/c1-7(2)9-4-6(12)10(7)5(11)3-8/h9H,3-4,8H2,1-2H3. The van der Waals surface area contributed by atoms with Gasteiger partial charge in [-0.05, 0) is 13.8 Å². The van der Waals surface area contributed by atoms with Crippen LogP contribution >= 0.6 is 0 Å². The summed E-state index contributed by atoms with van der Waals surface area (Å²) < 4.78 is 0. The lowest BCUT2D eigenvalue weighted by Gasteiger charge is -2.28. The van der Waals surface area contributed by atoms with E-state index in [0.717, 1.165) is 0 Å². The molecule has 0 aromatic heterocycles. The minimum absolute atomic E-state index is 0.128. The third-order valence-corrected chi connectivity index (χ3v) is 1.90. The second-order valence-electron chi connectivity index (χ2n) is 3.24. The van der Waals surface area contributed by atoms with Gasteiger partial charge in [-0.2, -0.15) is 0 Å². The number of hydrogen-bond acceptors (Lipinski definition) is 4. The Hall–Kier alpha value is -0.940. The molecule has 1 heterocycles. The highest BCUT2D eigenvalue weighted by Gasteiger charge is 2.40. The van der Waals surface area contributed by atoms with E-state index < -0.39 is 5.66 Å². The SMILES string of the molecule is CC1(C)NCC(=O)N1C(=O)CN. The monoisotopic (exact) mass is 171 g/mol. The van der Waals surface area contributed by atoms with Crippen LogP contribution in [0.2, 0.25) is 0 Å². The summed E-state index contributed by atoms with van der Waals surface area (Å²) in [5, 5.41) is 2.91. The lowest BCUT2D eigenvalue weighted by atomic mass is 10.2. The minimum atomic E-state index is -0.590. The molecule has 0 spiro atoms. The summed E-state index contributed by atoms with van der Waals surface area (Å²) in [5.74, 6) is -0.551. The zero-order valence-corrected chi connectivity index (χ0v) is 7.26. The summed E-state index contributed by atoms with van der Waals surface area (Å²) in [7, 11) is 0.